The molecule has 2 rings (SSSR count). The van der Waals surface area contributed by atoms with Crippen LogP contribution in [0, 0.1) is 6.92 Å². The van der Waals surface area contributed by atoms with E-state index >= 15 is 0 Å². The van der Waals surface area contributed by atoms with Crippen molar-refractivity contribution >= 4 is 12.3 Å². The summed E-state index contributed by atoms with van der Waals surface area (Å²) in [4.78, 5) is 22.6. The Balaban J connectivity index is 2.20. The number of carbonyl (C=O) groups excluding carboxylic acids is 2. The highest BCUT2D eigenvalue weighted by atomic mass is 16.5. The van der Waals surface area contributed by atoms with Crippen molar-refractivity contribution in [1.29, 1.82) is 0 Å². The van der Waals surface area contributed by atoms with E-state index in [0.717, 1.165) is 11.8 Å². The zero-order valence-electron chi connectivity index (χ0n) is 10.6. The lowest BCUT2D eigenvalue weighted by Crippen LogP contribution is -2.11. The van der Waals surface area contributed by atoms with Crippen LogP contribution in [0.1, 0.15) is 21.5 Å². The number of hydrogen-bond acceptors (Lipinski definition) is 3. The molecular weight excluding hydrogens is 240 g/mol. The van der Waals surface area contributed by atoms with Crippen LogP contribution in [0.25, 0.3) is 0 Å². The van der Waals surface area contributed by atoms with E-state index in [-0.39, 0.29) is 6.42 Å². The Hall–Kier alpha value is -2.42. The van der Waals surface area contributed by atoms with Gasteiger partial charge in [-0.25, -0.2) is 4.79 Å². The number of hydrogen-bond donors (Lipinski definition) is 0. The molecule has 0 amide bonds. The van der Waals surface area contributed by atoms with Gasteiger partial charge in [0.1, 0.15) is 12.0 Å². The van der Waals surface area contributed by atoms with Crippen molar-refractivity contribution in [1.82, 2.24) is 0 Å². The van der Waals surface area contributed by atoms with E-state index < -0.39 is 5.97 Å². The maximum Gasteiger partial charge on any atom is 0.343 e. The van der Waals surface area contributed by atoms with Crippen molar-refractivity contribution in [3.8, 4) is 5.75 Å². The second-order valence-electron chi connectivity index (χ2n) is 4.23. The molecule has 2 aromatic carbocycles. The van der Waals surface area contributed by atoms with Gasteiger partial charge in [-0.1, -0.05) is 35.9 Å². The molecule has 0 N–H and O–H groups in total. The molecule has 3 heteroatoms. The van der Waals surface area contributed by atoms with Gasteiger partial charge in [-0.05, 0) is 30.7 Å². The molecule has 0 saturated heterocycles. The van der Waals surface area contributed by atoms with Crippen LogP contribution in [-0.4, -0.2) is 12.3 Å². The molecule has 19 heavy (non-hydrogen) atoms. The van der Waals surface area contributed by atoms with Crippen LogP contribution in [0.2, 0.25) is 0 Å². The summed E-state index contributed by atoms with van der Waals surface area (Å²) in [5, 5.41) is 0. The lowest BCUT2D eigenvalue weighted by Gasteiger charge is -2.07. The van der Waals surface area contributed by atoms with Gasteiger partial charge in [-0.15, -0.1) is 0 Å². The van der Waals surface area contributed by atoms with Crippen LogP contribution in [0.5, 0.6) is 5.75 Å². The van der Waals surface area contributed by atoms with Gasteiger partial charge in [0.25, 0.3) is 0 Å². The molecule has 0 fully saturated rings. The van der Waals surface area contributed by atoms with Crippen LogP contribution >= 0.6 is 0 Å². The highest BCUT2D eigenvalue weighted by molar-refractivity contribution is 5.93. The third-order valence-electron chi connectivity index (χ3n) is 2.77. The molecule has 0 saturated carbocycles. The zero-order valence-corrected chi connectivity index (χ0v) is 10.6. The molecular formula is C16H14O3. The number of benzene rings is 2. The molecule has 0 radical (unpaired) electrons. The van der Waals surface area contributed by atoms with Crippen LogP contribution in [0.4, 0.5) is 0 Å². The zero-order chi connectivity index (χ0) is 13.7. The van der Waals surface area contributed by atoms with E-state index in [2.05, 4.69) is 0 Å². The summed E-state index contributed by atoms with van der Waals surface area (Å²) >= 11 is 0. The second-order valence-corrected chi connectivity index (χ2v) is 4.23. The average Bonchev–Trinajstić information content (AvgIpc) is 2.42. The van der Waals surface area contributed by atoms with Gasteiger partial charge in [0.05, 0.1) is 5.56 Å². The second kappa shape index (κ2) is 5.96. The maximum atomic E-state index is 12.1. The van der Waals surface area contributed by atoms with Crippen molar-refractivity contribution < 1.29 is 14.3 Å². The van der Waals surface area contributed by atoms with Crippen LogP contribution < -0.4 is 4.74 Å². The normalized spacial score (nSPS) is 9.95. The first-order chi connectivity index (χ1) is 9.20. The van der Waals surface area contributed by atoms with E-state index in [4.69, 9.17) is 4.74 Å². The molecule has 96 valence electrons. The van der Waals surface area contributed by atoms with Gasteiger partial charge >= 0.3 is 5.97 Å². The van der Waals surface area contributed by atoms with E-state index in [1.54, 1.807) is 36.4 Å². The van der Waals surface area contributed by atoms with Gasteiger partial charge in [0.2, 0.25) is 0 Å². The number of esters is 1. The lowest BCUT2D eigenvalue weighted by atomic mass is 10.1. The minimum absolute atomic E-state index is 0.208. The lowest BCUT2D eigenvalue weighted by molar-refractivity contribution is -0.107. The smallest absolute Gasteiger partial charge is 0.343 e. The van der Waals surface area contributed by atoms with Crippen LogP contribution in [-0.2, 0) is 11.2 Å². The number of ether oxygens (including phenoxy) is 1. The van der Waals surface area contributed by atoms with Crippen LogP contribution in [0.15, 0.2) is 48.5 Å². The number of rotatable bonds is 4. The number of carbonyl (C=O) groups is 2. The van der Waals surface area contributed by atoms with Gasteiger partial charge in [0, 0.05) is 6.42 Å². The van der Waals surface area contributed by atoms with Crippen molar-refractivity contribution in [2.75, 3.05) is 0 Å². The largest absolute Gasteiger partial charge is 0.423 e. The molecule has 0 bridgehead atoms. The third kappa shape index (κ3) is 3.28. The first-order valence-electron chi connectivity index (χ1n) is 6.01. The average molecular weight is 254 g/mol. The van der Waals surface area contributed by atoms with E-state index in [1.165, 1.54) is 0 Å². The molecule has 3 nitrogen and oxygen atoms in total. The predicted octanol–water partition coefficient (Wildman–Crippen LogP) is 2.96. The predicted molar refractivity (Wildman–Crippen MR) is 72.3 cm³/mol. The fourth-order valence-electron chi connectivity index (χ4n) is 1.76. The Labute approximate surface area is 111 Å². The summed E-state index contributed by atoms with van der Waals surface area (Å²) in [6, 6.07) is 14.2. The Morgan fingerprint density at radius 3 is 2.47 bits per heavy atom. The first-order valence-corrected chi connectivity index (χ1v) is 6.01. The quantitative estimate of drug-likeness (QED) is 0.478. The molecule has 0 spiro atoms. The first kappa shape index (κ1) is 13.0. The van der Waals surface area contributed by atoms with Gasteiger partial charge < -0.3 is 9.53 Å². The molecule has 0 aromatic heterocycles. The van der Waals surface area contributed by atoms with E-state index in [0.29, 0.717) is 16.9 Å². The maximum absolute atomic E-state index is 12.1. The summed E-state index contributed by atoms with van der Waals surface area (Å²) < 4.78 is 5.29. The monoisotopic (exact) mass is 254 g/mol. The van der Waals surface area contributed by atoms with Crippen molar-refractivity contribution in [3.05, 3.63) is 65.2 Å². The van der Waals surface area contributed by atoms with E-state index in [9.17, 15) is 9.59 Å². The Bertz CT molecular complexity index is 585. The standard InChI is InChI=1S/C16H14O3/c1-12-6-8-14(9-7-12)19-16(18)15-5-3-2-4-13(15)10-11-17/h2-9,11H,10H2,1H3. The number of aryl methyl sites for hydroxylation is 1. The molecule has 0 atom stereocenters. The summed E-state index contributed by atoms with van der Waals surface area (Å²) in [6.45, 7) is 1.96. The molecule has 0 aliphatic rings. The van der Waals surface area contributed by atoms with Gasteiger partial charge in [-0.2, -0.15) is 0 Å². The summed E-state index contributed by atoms with van der Waals surface area (Å²) in [6.07, 6.45) is 0.983. The number of aldehydes is 1. The Morgan fingerprint density at radius 1 is 1.11 bits per heavy atom. The summed E-state index contributed by atoms with van der Waals surface area (Å²) in [5.41, 5.74) is 2.20. The molecule has 0 aliphatic carbocycles. The molecule has 0 heterocycles. The van der Waals surface area contributed by atoms with Gasteiger partial charge in [-0.3, -0.25) is 0 Å². The topological polar surface area (TPSA) is 43.4 Å². The summed E-state index contributed by atoms with van der Waals surface area (Å²) in [5.74, 6) is 0.0535. The minimum atomic E-state index is -0.443. The SMILES string of the molecule is Cc1ccc(OC(=O)c2ccccc2CC=O)cc1. The van der Waals surface area contributed by atoms with Crippen LogP contribution in [0.3, 0.4) is 0 Å². The minimum Gasteiger partial charge on any atom is -0.423 e. The highest BCUT2D eigenvalue weighted by Gasteiger charge is 2.12. The fraction of sp³-hybridized carbons (Fsp3) is 0.125. The highest BCUT2D eigenvalue weighted by Crippen LogP contribution is 2.16. The fourth-order valence-corrected chi connectivity index (χ4v) is 1.76. The molecule has 2 aromatic rings. The molecule has 0 aliphatic heterocycles. The Morgan fingerprint density at radius 2 is 1.79 bits per heavy atom. The van der Waals surface area contributed by atoms with Crippen molar-refractivity contribution in [2.45, 2.75) is 13.3 Å². The Kier molecular flexibility index (Phi) is 4.08. The van der Waals surface area contributed by atoms with E-state index in [1.807, 2.05) is 19.1 Å². The third-order valence-corrected chi connectivity index (χ3v) is 2.77. The van der Waals surface area contributed by atoms with Gasteiger partial charge in [0.15, 0.2) is 0 Å². The summed E-state index contributed by atoms with van der Waals surface area (Å²) in [7, 11) is 0. The van der Waals surface area contributed by atoms with Crippen molar-refractivity contribution in [2.24, 2.45) is 0 Å². The van der Waals surface area contributed by atoms with Crippen molar-refractivity contribution in [3.63, 3.8) is 0 Å². The molecule has 0 unspecified atom stereocenters.